The van der Waals surface area contributed by atoms with Crippen LogP contribution in [-0.4, -0.2) is 44.7 Å². The van der Waals surface area contributed by atoms with E-state index in [4.69, 9.17) is 0 Å². The molecule has 0 fully saturated rings. The van der Waals surface area contributed by atoms with Gasteiger partial charge in [-0.3, -0.25) is 4.79 Å². The number of pyridine rings is 1. The first kappa shape index (κ1) is 22.2. The van der Waals surface area contributed by atoms with Crippen LogP contribution in [0.5, 0.6) is 11.5 Å². The minimum atomic E-state index is -4.24. The minimum Gasteiger partial charge on any atom is -0.507 e. The van der Waals surface area contributed by atoms with Crippen LogP contribution in [0.1, 0.15) is 5.56 Å². The van der Waals surface area contributed by atoms with Crippen LogP contribution >= 0.6 is 0 Å². The number of nitrogens with zero attached hydrogens (tertiary/aromatic N) is 3. The van der Waals surface area contributed by atoms with Crippen LogP contribution in [0.25, 0.3) is 16.9 Å². The summed E-state index contributed by atoms with van der Waals surface area (Å²) < 4.78 is 42.9. The maximum atomic E-state index is 14.3. The second-order valence-corrected chi connectivity index (χ2v) is 9.25. The van der Waals surface area contributed by atoms with Gasteiger partial charge in [0.05, 0.1) is 11.9 Å². The van der Waals surface area contributed by atoms with Crippen LogP contribution in [-0.2, 0) is 16.6 Å². The van der Waals surface area contributed by atoms with Gasteiger partial charge >= 0.3 is 0 Å². The second-order valence-electron chi connectivity index (χ2n) is 7.24. The van der Waals surface area contributed by atoms with E-state index in [0.717, 1.165) is 16.4 Å². The van der Waals surface area contributed by atoms with E-state index < -0.39 is 32.2 Å². The molecule has 0 saturated carbocycles. The molecule has 0 unspecified atom stereocenters. The summed E-state index contributed by atoms with van der Waals surface area (Å²) in [5.74, 6) is -1.64. The maximum Gasteiger partial charge on any atom is 0.248 e. The zero-order chi connectivity index (χ0) is 23.8. The first-order valence-electron chi connectivity index (χ1n) is 9.67. The number of halogens is 1. The molecular weight excluding hydrogens is 451 g/mol. The summed E-state index contributed by atoms with van der Waals surface area (Å²) in [7, 11) is -2.94. The van der Waals surface area contributed by atoms with Gasteiger partial charge in [-0.15, -0.1) is 0 Å². The predicted octanol–water partition coefficient (Wildman–Crippen LogP) is 2.60. The number of H-pyrrole nitrogens is 1. The van der Waals surface area contributed by atoms with Gasteiger partial charge in [-0.2, -0.15) is 9.40 Å². The Bertz CT molecular complexity index is 1500. The lowest BCUT2D eigenvalue weighted by Gasteiger charge is -2.19. The van der Waals surface area contributed by atoms with Gasteiger partial charge in [0.1, 0.15) is 27.9 Å². The lowest BCUT2D eigenvalue weighted by Crippen LogP contribution is -2.27. The molecule has 0 amide bonds. The minimum absolute atomic E-state index is 0.0247. The van der Waals surface area contributed by atoms with Gasteiger partial charge in [-0.1, -0.05) is 12.1 Å². The number of hydrogen-bond donors (Lipinski definition) is 3. The number of aromatic nitrogens is 3. The summed E-state index contributed by atoms with van der Waals surface area (Å²) in [6.45, 7) is -0.130. The normalized spacial score (nSPS) is 11.7. The zero-order valence-corrected chi connectivity index (χ0v) is 18.1. The van der Waals surface area contributed by atoms with Gasteiger partial charge in [-0.05, 0) is 35.9 Å². The lowest BCUT2D eigenvalue weighted by atomic mass is 10.1. The Labute approximate surface area is 188 Å². The van der Waals surface area contributed by atoms with Crippen molar-refractivity contribution in [1.82, 2.24) is 19.1 Å². The third-order valence-corrected chi connectivity index (χ3v) is 6.84. The highest BCUT2D eigenvalue weighted by atomic mass is 32.2. The van der Waals surface area contributed by atoms with Crippen LogP contribution in [0, 0.1) is 5.82 Å². The van der Waals surface area contributed by atoms with Crippen LogP contribution in [0.2, 0.25) is 0 Å². The number of aromatic amines is 1. The quantitative estimate of drug-likeness (QED) is 0.397. The van der Waals surface area contributed by atoms with Crippen molar-refractivity contribution in [3.05, 3.63) is 88.7 Å². The largest absolute Gasteiger partial charge is 0.507 e. The molecule has 0 aliphatic carbocycles. The molecule has 2 aromatic heterocycles. The van der Waals surface area contributed by atoms with Crippen molar-refractivity contribution in [1.29, 1.82) is 0 Å². The molecule has 3 N–H and O–H groups in total. The molecule has 9 nitrogen and oxygen atoms in total. The highest BCUT2D eigenvalue weighted by Gasteiger charge is 2.27. The molecule has 0 atom stereocenters. The molecule has 170 valence electrons. The van der Waals surface area contributed by atoms with Gasteiger partial charge in [0.2, 0.25) is 15.6 Å². The number of nitrogens with one attached hydrogen (secondary N) is 1. The Hall–Kier alpha value is -3.96. The fraction of sp³-hybridized carbons (Fsp3) is 0.0909. The number of phenolic OH excluding ortho intramolecular Hbond substituents is 2. The van der Waals surface area contributed by atoms with E-state index in [1.807, 2.05) is 0 Å². The summed E-state index contributed by atoms with van der Waals surface area (Å²) in [5, 5.41) is 24.9. The van der Waals surface area contributed by atoms with Gasteiger partial charge in [-0.25, -0.2) is 17.5 Å². The third-order valence-electron chi connectivity index (χ3n) is 5.01. The van der Waals surface area contributed by atoms with E-state index in [-0.39, 0.29) is 29.0 Å². The van der Waals surface area contributed by atoms with E-state index in [2.05, 4.69) is 10.1 Å². The molecule has 0 aliphatic heterocycles. The summed E-state index contributed by atoms with van der Waals surface area (Å²) >= 11 is 0. The average molecular weight is 470 g/mol. The summed E-state index contributed by atoms with van der Waals surface area (Å²) in [6.07, 6.45) is 2.78. The summed E-state index contributed by atoms with van der Waals surface area (Å²) in [6, 6.07) is 12.2. The second kappa shape index (κ2) is 8.52. The topological polar surface area (TPSA) is 129 Å². The van der Waals surface area contributed by atoms with Crippen LogP contribution in [0.15, 0.2) is 76.7 Å². The lowest BCUT2D eigenvalue weighted by molar-refractivity contribution is 0.429. The number of phenols is 2. The monoisotopic (exact) mass is 470 g/mol. The smallest absolute Gasteiger partial charge is 0.248 e. The Balaban J connectivity index is 1.78. The van der Waals surface area contributed by atoms with Crippen LogP contribution < -0.4 is 5.56 Å². The fourth-order valence-corrected chi connectivity index (χ4v) is 4.63. The first-order valence-corrected chi connectivity index (χ1v) is 11.1. The van der Waals surface area contributed by atoms with Gasteiger partial charge in [0.25, 0.3) is 0 Å². The maximum absolute atomic E-state index is 14.3. The highest BCUT2D eigenvalue weighted by molar-refractivity contribution is 7.89. The van der Waals surface area contributed by atoms with E-state index in [1.165, 1.54) is 54.5 Å². The number of para-hydroxylation sites is 1. The first-order chi connectivity index (χ1) is 15.7. The molecule has 0 bridgehead atoms. The van der Waals surface area contributed by atoms with E-state index in [0.29, 0.717) is 5.56 Å². The highest BCUT2D eigenvalue weighted by Crippen LogP contribution is 2.38. The van der Waals surface area contributed by atoms with Crippen molar-refractivity contribution < 1.29 is 23.0 Å². The summed E-state index contributed by atoms with van der Waals surface area (Å²) in [5.41, 5.74) is 0.402. The van der Waals surface area contributed by atoms with Gasteiger partial charge < -0.3 is 15.2 Å². The van der Waals surface area contributed by atoms with Gasteiger partial charge in [0, 0.05) is 37.5 Å². The number of aromatic hydroxyl groups is 2. The molecule has 4 rings (SSSR count). The Morgan fingerprint density at radius 3 is 2.58 bits per heavy atom. The number of hydrogen-bond acceptors (Lipinski definition) is 6. The molecule has 0 saturated heterocycles. The van der Waals surface area contributed by atoms with Gasteiger partial charge in [0.15, 0.2) is 0 Å². The van der Waals surface area contributed by atoms with Crippen molar-refractivity contribution in [3.8, 4) is 28.4 Å². The van der Waals surface area contributed by atoms with Crippen molar-refractivity contribution in [2.75, 3.05) is 7.05 Å². The van der Waals surface area contributed by atoms with E-state index >= 15 is 0 Å². The standard InChI is InChI=1S/C22H19FN4O5S/c1-26(13-14-6-8-24-22(30)10-14)33(31,32)21-11-15(19(28)12-20(21)29)17-7-9-25-27(17)18-5-3-2-4-16(18)23/h2-12,28-29H,13H2,1H3,(H,24,30). The van der Waals surface area contributed by atoms with E-state index in [1.54, 1.807) is 12.1 Å². The Morgan fingerprint density at radius 1 is 1.09 bits per heavy atom. The van der Waals surface area contributed by atoms with Crippen LogP contribution in [0.3, 0.4) is 0 Å². The molecule has 11 heteroatoms. The summed E-state index contributed by atoms with van der Waals surface area (Å²) in [4.78, 5) is 13.5. The molecule has 2 aromatic carbocycles. The van der Waals surface area contributed by atoms with Crippen molar-refractivity contribution in [3.63, 3.8) is 0 Å². The zero-order valence-electron chi connectivity index (χ0n) is 17.3. The fourth-order valence-electron chi connectivity index (χ4n) is 3.39. The molecule has 0 radical (unpaired) electrons. The third kappa shape index (κ3) is 4.23. The molecule has 33 heavy (non-hydrogen) atoms. The number of sulfonamides is 1. The molecule has 4 aromatic rings. The predicted molar refractivity (Wildman–Crippen MR) is 118 cm³/mol. The van der Waals surface area contributed by atoms with Crippen LogP contribution in [0.4, 0.5) is 4.39 Å². The average Bonchev–Trinajstić information content (AvgIpc) is 3.23. The molecule has 0 aliphatic rings. The Morgan fingerprint density at radius 2 is 1.85 bits per heavy atom. The van der Waals surface area contributed by atoms with Crippen molar-refractivity contribution >= 4 is 10.0 Å². The number of rotatable bonds is 6. The Kier molecular flexibility index (Phi) is 5.75. The molecular formula is C22H19FN4O5S. The number of benzene rings is 2. The van der Waals surface area contributed by atoms with E-state index in [9.17, 15) is 27.8 Å². The van der Waals surface area contributed by atoms with Crippen molar-refractivity contribution in [2.45, 2.75) is 11.4 Å². The SMILES string of the molecule is CN(Cc1cc[nH]c(=O)c1)S(=O)(=O)c1cc(-c2ccnn2-c2ccccc2F)c(O)cc1O. The van der Waals surface area contributed by atoms with Crippen molar-refractivity contribution in [2.24, 2.45) is 0 Å². The molecule has 0 spiro atoms. The molecule has 2 heterocycles.